The number of Topliss-reactive ketones (excluding diaryl/α,β-unsaturated/α-hetero) is 1. The second-order valence-electron chi connectivity index (χ2n) is 3.73. The number of carbonyl (C=O) groups is 1. The van der Waals surface area contributed by atoms with E-state index in [0.29, 0.717) is 15.5 Å². The molecule has 0 aliphatic rings. The molecule has 0 N–H and O–H groups in total. The summed E-state index contributed by atoms with van der Waals surface area (Å²) in [4.78, 5) is 13.0. The highest BCUT2D eigenvalue weighted by molar-refractivity contribution is 7.99. The van der Waals surface area contributed by atoms with Gasteiger partial charge in [0.25, 0.3) is 0 Å². The van der Waals surface area contributed by atoms with Crippen molar-refractivity contribution in [2.24, 2.45) is 0 Å². The lowest BCUT2D eigenvalue weighted by Gasteiger charge is -2.08. The first-order chi connectivity index (χ1) is 8.58. The smallest absolute Gasteiger partial charge is 0.161 e. The third-order valence-electron chi connectivity index (χ3n) is 2.38. The molecule has 4 heteroatoms. The van der Waals surface area contributed by atoms with Crippen LogP contribution in [-0.4, -0.2) is 5.78 Å². The molecule has 0 aliphatic carbocycles. The molecule has 0 aliphatic heterocycles. The number of hydrogen-bond donors (Lipinski definition) is 0. The summed E-state index contributed by atoms with van der Waals surface area (Å²) in [6, 6.07) is 11.5. The maximum Gasteiger partial charge on any atom is 0.161 e. The molecule has 0 unspecified atom stereocenters. The molecular weight excluding hydrogens is 271 g/mol. The molecule has 2 rings (SSSR count). The first-order valence-electron chi connectivity index (χ1n) is 5.31. The van der Waals surface area contributed by atoms with Gasteiger partial charge in [-0.1, -0.05) is 35.5 Å². The second-order valence-corrected chi connectivity index (χ2v) is 5.22. The third kappa shape index (κ3) is 2.92. The van der Waals surface area contributed by atoms with Crippen molar-refractivity contribution in [1.29, 1.82) is 0 Å². The van der Waals surface area contributed by atoms with Crippen LogP contribution in [-0.2, 0) is 0 Å². The fourth-order valence-corrected chi connectivity index (χ4v) is 2.76. The monoisotopic (exact) mass is 280 g/mol. The minimum Gasteiger partial charge on any atom is -0.294 e. The number of benzene rings is 2. The van der Waals surface area contributed by atoms with Gasteiger partial charge < -0.3 is 0 Å². The van der Waals surface area contributed by atoms with Crippen LogP contribution in [0.15, 0.2) is 52.3 Å². The van der Waals surface area contributed by atoms with Crippen LogP contribution in [0.3, 0.4) is 0 Å². The Bertz CT molecular complexity index is 598. The molecule has 0 heterocycles. The van der Waals surface area contributed by atoms with Gasteiger partial charge in [0.2, 0.25) is 0 Å². The first kappa shape index (κ1) is 13.1. The van der Waals surface area contributed by atoms with Crippen LogP contribution in [0.4, 0.5) is 4.39 Å². The molecule has 92 valence electrons. The molecule has 0 saturated carbocycles. The number of hydrogen-bond acceptors (Lipinski definition) is 2. The molecule has 18 heavy (non-hydrogen) atoms. The van der Waals surface area contributed by atoms with Gasteiger partial charge in [-0.15, -0.1) is 0 Å². The van der Waals surface area contributed by atoms with Crippen molar-refractivity contribution in [3.63, 3.8) is 0 Å². The first-order valence-corrected chi connectivity index (χ1v) is 6.50. The van der Waals surface area contributed by atoms with Crippen molar-refractivity contribution in [2.45, 2.75) is 16.7 Å². The maximum absolute atomic E-state index is 13.1. The zero-order chi connectivity index (χ0) is 13.1. The van der Waals surface area contributed by atoms with Gasteiger partial charge in [-0.25, -0.2) is 4.39 Å². The SMILES string of the molecule is CC(=O)c1cc(F)ccc1Sc1ccccc1Cl. The van der Waals surface area contributed by atoms with Crippen molar-refractivity contribution in [1.82, 2.24) is 0 Å². The highest BCUT2D eigenvalue weighted by atomic mass is 35.5. The van der Waals surface area contributed by atoms with Crippen LogP contribution >= 0.6 is 23.4 Å². The largest absolute Gasteiger partial charge is 0.294 e. The molecule has 2 aromatic carbocycles. The summed E-state index contributed by atoms with van der Waals surface area (Å²) in [5.41, 5.74) is 0.375. The number of rotatable bonds is 3. The predicted molar refractivity (Wildman–Crippen MR) is 72.0 cm³/mol. The average Bonchev–Trinajstić information content (AvgIpc) is 2.34. The topological polar surface area (TPSA) is 17.1 Å². The Morgan fingerprint density at radius 3 is 2.56 bits per heavy atom. The molecule has 0 radical (unpaired) electrons. The lowest BCUT2D eigenvalue weighted by atomic mass is 10.1. The predicted octanol–water partition coefficient (Wildman–Crippen LogP) is 4.83. The van der Waals surface area contributed by atoms with E-state index in [-0.39, 0.29) is 5.78 Å². The summed E-state index contributed by atoms with van der Waals surface area (Å²) in [6.45, 7) is 1.42. The highest BCUT2D eigenvalue weighted by Gasteiger charge is 2.11. The second kappa shape index (κ2) is 5.55. The Morgan fingerprint density at radius 1 is 1.17 bits per heavy atom. The lowest BCUT2D eigenvalue weighted by molar-refractivity contribution is 0.101. The summed E-state index contributed by atoms with van der Waals surface area (Å²) < 4.78 is 13.1. The van der Waals surface area contributed by atoms with E-state index in [1.54, 1.807) is 12.1 Å². The minimum atomic E-state index is -0.413. The van der Waals surface area contributed by atoms with Crippen LogP contribution in [0.25, 0.3) is 0 Å². The molecule has 0 bridgehead atoms. The van der Waals surface area contributed by atoms with Gasteiger partial charge in [0.15, 0.2) is 5.78 Å². The van der Waals surface area contributed by atoms with Crippen molar-refractivity contribution < 1.29 is 9.18 Å². The Morgan fingerprint density at radius 2 is 1.89 bits per heavy atom. The van der Waals surface area contributed by atoms with E-state index in [9.17, 15) is 9.18 Å². The quantitative estimate of drug-likeness (QED) is 0.749. The summed E-state index contributed by atoms with van der Waals surface area (Å²) in [5.74, 6) is -0.576. The number of ketones is 1. The van der Waals surface area contributed by atoms with Crippen molar-refractivity contribution in [3.8, 4) is 0 Å². The molecule has 0 aromatic heterocycles. The molecule has 0 fully saturated rings. The van der Waals surface area contributed by atoms with E-state index in [0.717, 1.165) is 4.90 Å². The highest BCUT2D eigenvalue weighted by Crippen LogP contribution is 2.35. The molecule has 1 nitrogen and oxygen atoms in total. The van der Waals surface area contributed by atoms with Crippen LogP contribution < -0.4 is 0 Å². The molecular formula is C14H10ClFOS. The molecule has 0 atom stereocenters. The van der Waals surface area contributed by atoms with Crippen molar-refractivity contribution in [3.05, 3.63) is 58.9 Å². The molecule has 0 saturated heterocycles. The normalized spacial score (nSPS) is 10.4. The zero-order valence-corrected chi connectivity index (χ0v) is 11.2. The Balaban J connectivity index is 2.41. The van der Waals surface area contributed by atoms with E-state index in [4.69, 9.17) is 11.6 Å². The van der Waals surface area contributed by atoms with E-state index in [1.165, 1.54) is 30.8 Å². The number of carbonyl (C=O) groups excluding carboxylic acids is 1. The lowest BCUT2D eigenvalue weighted by Crippen LogP contribution is -1.96. The van der Waals surface area contributed by atoms with Gasteiger partial charge in [-0.05, 0) is 37.3 Å². The third-order valence-corrected chi connectivity index (χ3v) is 3.97. The summed E-state index contributed by atoms with van der Waals surface area (Å²) in [7, 11) is 0. The van der Waals surface area contributed by atoms with E-state index < -0.39 is 5.82 Å². The van der Waals surface area contributed by atoms with Crippen LogP contribution in [0, 0.1) is 5.82 Å². The van der Waals surface area contributed by atoms with Crippen LogP contribution in [0.2, 0.25) is 5.02 Å². The molecule has 2 aromatic rings. The van der Waals surface area contributed by atoms with Gasteiger partial charge in [0, 0.05) is 15.4 Å². The van der Waals surface area contributed by atoms with Crippen molar-refractivity contribution in [2.75, 3.05) is 0 Å². The van der Waals surface area contributed by atoms with Crippen LogP contribution in [0.5, 0.6) is 0 Å². The molecule has 0 spiro atoms. The Labute approximate surface area is 114 Å². The fraction of sp³-hybridized carbons (Fsp3) is 0.0714. The zero-order valence-electron chi connectivity index (χ0n) is 9.61. The van der Waals surface area contributed by atoms with E-state index in [2.05, 4.69) is 0 Å². The summed E-state index contributed by atoms with van der Waals surface area (Å²) in [6.07, 6.45) is 0. The molecule has 0 amide bonds. The minimum absolute atomic E-state index is 0.163. The summed E-state index contributed by atoms with van der Waals surface area (Å²) >= 11 is 7.42. The van der Waals surface area contributed by atoms with Gasteiger partial charge in [0.1, 0.15) is 5.82 Å². The van der Waals surface area contributed by atoms with Crippen LogP contribution in [0.1, 0.15) is 17.3 Å². The van der Waals surface area contributed by atoms with E-state index >= 15 is 0 Å². The van der Waals surface area contributed by atoms with Gasteiger partial charge in [-0.2, -0.15) is 0 Å². The van der Waals surface area contributed by atoms with Gasteiger partial charge in [-0.3, -0.25) is 4.79 Å². The summed E-state index contributed by atoms with van der Waals surface area (Å²) in [5, 5.41) is 0.612. The standard InChI is InChI=1S/C14H10ClFOS/c1-9(17)11-8-10(16)6-7-13(11)18-14-5-3-2-4-12(14)15/h2-8H,1H3. The van der Waals surface area contributed by atoms with E-state index in [1.807, 2.05) is 18.2 Å². The van der Waals surface area contributed by atoms with Gasteiger partial charge in [0.05, 0.1) is 5.02 Å². The fourth-order valence-electron chi connectivity index (χ4n) is 1.51. The maximum atomic E-state index is 13.1. The number of halogens is 2. The van der Waals surface area contributed by atoms with Gasteiger partial charge >= 0.3 is 0 Å². The Kier molecular flexibility index (Phi) is 4.04. The average molecular weight is 281 g/mol. The Hall–Kier alpha value is -1.32. The van der Waals surface area contributed by atoms with Crippen molar-refractivity contribution >= 4 is 29.1 Å².